The van der Waals surface area contributed by atoms with E-state index in [1.54, 1.807) is 6.08 Å². The van der Waals surface area contributed by atoms with Crippen LogP contribution in [-0.2, 0) is 14.4 Å². The molecule has 0 fully saturated rings. The smallest absolute Gasteiger partial charge is 0.344 e. The molecule has 0 saturated heterocycles. The highest BCUT2D eigenvalue weighted by molar-refractivity contribution is 6.25. The third-order valence-corrected chi connectivity index (χ3v) is 4.13. The van der Waals surface area contributed by atoms with Crippen molar-refractivity contribution in [1.29, 1.82) is 0 Å². The first kappa shape index (κ1) is 17.6. The molecule has 6 heteroatoms. The van der Waals surface area contributed by atoms with E-state index in [9.17, 15) is 9.90 Å². The summed E-state index contributed by atoms with van der Waals surface area (Å²) in [6.45, 7) is 2.03. The fraction of sp³-hybridized carbons (Fsp3) is 0.529. The summed E-state index contributed by atoms with van der Waals surface area (Å²) >= 11 is 5.40. The lowest BCUT2D eigenvalue weighted by molar-refractivity contribution is -0.153. The molecule has 0 aromatic carbocycles. The van der Waals surface area contributed by atoms with E-state index in [-0.39, 0.29) is 24.4 Å². The number of hydrogen-bond donors (Lipinski definition) is 1. The number of aliphatic hydroxyl groups excluding tert-OH is 1. The number of nitrogens with zero attached hydrogens (tertiary/aromatic N) is 1. The van der Waals surface area contributed by atoms with Gasteiger partial charge in [0.1, 0.15) is 23.5 Å². The van der Waals surface area contributed by atoms with Crippen molar-refractivity contribution in [2.24, 2.45) is 5.16 Å². The second kappa shape index (κ2) is 8.20. The van der Waals surface area contributed by atoms with Gasteiger partial charge in [-0.2, -0.15) is 0 Å². The Labute approximate surface area is 141 Å². The van der Waals surface area contributed by atoms with Gasteiger partial charge in [-0.3, -0.25) is 0 Å². The van der Waals surface area contributed by atoms with Crippen molar-refractivity contribution in [3.05, 3.63) is 35.1 Å². The molecule has 0 radical (unpaired) electrons. The van der Waals surface area contributed by atoms with Gasteiger partial charge in [0.25, 0.3) is 0 Å². The van der Waals surface area contributed by atoms with Crippen LogP contribution in [-0.4, -0.2) is 29.0 Å². The van der Waals surface area contributed by atoms with Crippen LogP contribution in [0.5, 0.6) is 0 Å². The van der Waals surface area contributed by atoms with E-state index < -0.39 is 11.6 Å². The molecule has 0 aromatic heterocycles. The van der Waals surface area contributed by atoms with Crippen LogP contribution < -0.4 is 0 Å². The van der Waals surface area contributed by atoms with Gasteiger partial charge in [0.05, 0.1) is 5.71 Å². The molecule has 0 aromatic rings. The average molecular weight is 340 g/mol. The molecule has 1 aliphatic heterocycles. The zero-order valence-corrected chi connectivity index (χ0v) is 14.0. The van der Waals surface area contributed by atoms with Crippen LogP contribution >= 0.6 is 11.6 Å². The standard InChI is InChI=1S/C17H22ClNO4/c1-2-13(19-22-11-7-10-18)15-14(20)12-17(23-16(15)21)8-5-3-4-6-9-17/h5,7-8,10,20H,2-4,6,9,11-12H2,1H3/b10-7+,19-13+. The number of halogens is 1. The van der Waals surface area contributed by atoms with Gasteiger partial charge in [-0.15, -0.1) is 0 Å². The van der Waals surface area contributed by atoms with Gasteiger partial charge in [-0.25, -0.2) is 4.79 Å². The Hall–Kier alpha value is -1.75. The number of esters is 1. The van der Waals surface area contributed by atoms with Gasteiger partial charge in [0.2, 0.25) is 0 Å². The number of rotatable bonds is 5. The minimum atomic E-state index is -0.720. The summed E-state index contributed by atoms with van der Waals surface area (Å²) in [6.07, 6.45) is 9.97. The third kappa shape index (κ3) is 4.38. The fourth-order valence-corrected chi connectivity index (χ4v) is 2.90. The highest BCUT2D eigenvalue weighted by Crippen LogP contribution is 2.36. The Bertz CT molecular complexity index is 565. The van der Waals surface area contributed by atoms with E-state index in [1.165, 1.54) is 5.54 Å². The summed E-state index contributed by atoms with van der Waals surface area (Å²) in [5, 5.41) is 14.4. The molecule has 1 heterocycles. The number of allylic oxidation sites excluding steroid dienone is 1. The Morgan fingerprint density at radius 2 is 2.39 bits per heavy atom. The molecule has 1 spiro atoms. The zero-order chi connectivity index (χ0) is 16.7. The van der Waals surface area contributed by atoms with E-state index in [2.05, 4.69) is 5.16 Å². The van der Waals surface area contributed by atoms with Gasteiger partial charge in [0.15, 0.2) is 0 Å². The van der Waals surface area contributed by atoms with E-state index in [0.29, 0.717) is 12.1 Å². The molecule has 1 N–H and O–H groups in total. The van der Waals surface area contributed by atoms with Gasteiger partial charge >= 0.3 is 5.97 Å². The lowest BCUT2D eigenvalue weighted by Crippen LogP contribution is -2.40. The number of carbonyl (C=O) groups excluding carboxylic acids is 1. The second-order valence-electron chi connectivity index (χ2n) is 5.65. The van der Waals surface area contributed by atoms with E-state index in [0.717, 1.165) is 25.7 Å². The SMILES string of the molecule is CC/C(=N\OC/C=C/Cl)C1=C(O)CC2(C=CCCCC2)OC1=O. The van der Waals surface area contributed by atoms with Gasteiger partial charge in [-0.05, 0) is 44.3 Å². The van der Waals surface area contributed by atoms with Crippen molar-refractivity contribution in [3.63, 3.8) is 0 Å². The Kier molecular flexibility index (Phi) is 6.28. The van der Waals surface area contributed by atoms with Crippen molar-refractivity contribution in [3.8, 4) is 0 Å². The fourth-order valence-electron chi connectivity index (χ4n) is 2.83. The van der Waals surface area contributed by atoms with Crippen LogP contribution in [0.15, 0.2) is 40.3 Å². The summed E-state index contributed by atoms with van der Waals surface area (Å²) < 4.78 is 5.67. The van der Waals surface area contributed by atoms with Crippen molar-refractivity contribution in [1.82, 2.24) is 0 Å². The molecule has 1 atom stereocenters. The van der Waals surface area contributed by atoms with E-state index >= 15 is 0 Å². The molecule has 126 valence electrons. The lowest BCUT2D eigenvalue weighted by Gasteiger charge is -2.34. The summed E-state index contributed by atoms with van der Waals surface area (Å²) in [5.41, 5.74) is 1.10. The minimum absolute atomic E-state index is 0.0184. The lowest BCUT2D eigenvalue weighted by atomic mass is 9.88. The number of ether oxygens (including phenoxy) is 1. The van der Waals surface area contributed by atoms with Gasteiger partial charge in [-0.1, -0.05) is 29.8 Å². The maximum absolute atomic E-state index is 12.4. The molecule has 5 nitrogen and oxygen atoms in total. The number of aliphatic hydroxyl groups is 1. The van der Waals surface area contributed by atoms with E-state index in [1.807, 2.05) is 19.1 Å². The first-order valence-electron chi connectivity index (χ1n) is 7.89. The highest BCUT2D eigenvalue weighted by Gasteiger charge is 2.41. The van der Waals surface area contributed by atoms with Crippen LogP contribution in [0.25, 0.3) is 0 Å². The second-order valence-corrected chi connectivity index (χ2v) is 5.90. The number of carbonyl (C=O) groups is 1. The maximum atomic E-state index is 12.4. The quantitative estimate of drug-likeness (QED) is 0.268. The summed E-state index contributed by atoms with van der Waals surface area (Å²) in [5.74, 6) is -0.526. The first-order valence-corrected chi connectivity index (χ1v) is 8.33. The molecule has 2 aliphatic rings. The van der Waals surface area contributed by atoms with E-state index in [4.69, 9.17) is 21.2 Å². The third-order valence-electron chi connectivity index (χ3n) is 3.96. The molecule has 0 amide bonds. The largest absolute Gasteiger partial charge is 0.511 e. The average Bonchev–Trinajstić information content (AvgIpc) is 2.74. The van der Waals surface area contributed by atoms with Crippen molar-refractivity contribution in [2.75, 3.05) is 6.61 Å². The molecule has 1 aliphatic carbocycles. The molecule has 23 heavy (non-hydrogen) atoms. The molecule has 0 bridgehead atoms. The molecular formula is C17H22ClNO4. The maximum Gasteiger partial charge on any atom is 0.344 e. The monoisotopic (exact) mass is 339 g/mol. The van der Waals surface area contributed by atoms with Crippen molar-refractivity contribution < 1.29 is 19.5 Å². The summed E-state index contributed by atoms with van der Waals surface area (Å²) in [4.78, 5) is 17.5. The Balaban J connectivity index is 2.22. The zero-order valence-electron chi connectivity index (χ0n) is 13.3. The predicted molar refractivity (Wildman–Crippen MR) is 89.4 cm³/mol. The molecule has 1 unspecified atom stereocenters. The Morgan fingerprint density at radius 3 is 3.09 bits per heavy atom. The predicted octanol–water partition coefficient (Wildman–Crippen LogP) is 4.15. The summed E-state index contributed by atoms with van der Waals surface area (Å²) in [7, 11) is 0. The van der Waals surface area contributed by atoms with Crippen LogP contribution in [0.2, 0.25) is 0 Å². The normalized spacial score (nSPS) is 25.8. The molecule has 0 saturated carbocycles. The van der Waals surface area contributed by atoms with Crippen LogP contribution in [0.1, 0.15) is 45.4 Å². The number of oxime groups is 1. The first-order chi connectivity index (χ1) is 11.1. The summed E-state index contributed by atoms with van der Waals surface area (Å²) in [6, 6.07) is 0. The topological polar surface area (TPSA) is 68.1 Å². The molecule has 2 rings (SSSR count). The van der Waals surface area contributed by atoms with Crippen LogP contribution in [0.4, 0.5) is 0 Å². The highest BCUT2D eigenvalue weighted by atomic mass is 35.5. The van der Waals surface area contributed by atoms with Gasteiger partial charge in [0, 0.05) is 12.0 Å². The van der Waals surface area contributed by atoms with Crippen LogP contribution in [0, 0.1) is 0 Å². The molecular weight excluding hydrogens is 318 g/mol. The Morgan fingerprint density at radius 1 is 1.57 bits per heavy atom. The number of hydrogen-bond acceptors (Lipinski definition) is 5. The van der Waals surface area contributed by atoms with Crippen LogP contribution in [0.3, 0.4) is 0 Å². The van der Waals surface area contributed by atoms with Crippen molar-refractivity contribution >= 4 is 23.3 Å². The van der Waals surface area contributed by atoms with Crippen molar-refractivity contribution in [2.45, 2.75) is 51.0 Å². The minimum Gasteiger partial charge on any atom is -0.511 e. The van der Waals surface area contributed by atoms with Gasteiger partial charge < -0.3 is 14.7 Å².